The van der Waals surface area contributed by atoms with Gasteiger partial charge in [0, 0.05) is 20.7 Å². The van der Waals surface area contributed by atoms with E-state index in [4.69, 9.17) is 0 Å². The molecular weight excluding hydrogens is 282 g/mol. The average molecular weight is 300 g/mol. The molecule has 1 aliphatic rings. The SMILES string of the molecule is CCNC1CCCC1Sc1ccc(Br)cc1. The van der Waals surface area contributed by atoms with E-state index in [0.29, 0.717) is 6.04 Å². The summed E-state index contributed by atoms with van der Waals surface area (Å²) in [6, 6.07) is 9.37. The van der Waals surface area contributed by atoms with Gasteiger partial charge in [-0.25, -0.2) is 0 Å². The molecule has 1 saturated carbocycles. The first-order chi connectivity index (χ1) is 7.79. The fourth-order valence-corrected chi connectivity index (χ4v) is 3.84. The lowest BCUT2D eigenvalue weighted by molar-refractivity contribution is 0.551. The predicted octanol–water partition coefficient (Wildman–Crippen LogP) is 4.07. The van der Waals surface area contributed by atoms with E-state index in [0.717, 1.165) is 16.3 Å². The molecule has 0 aromatic heterocycles. The molecule has 0 aliphatic heterocycles. The van der Waals surface area contributed by atoms with Crippen LogP contribution in [-0.2, 0) is 0 Å². The molecule has 2 atom stereocenters. The van der Waals surface area contributed by atoms with Crippen molar-refractivity contribution < 1.29 is 0 Å². The van der Waals surface area contributed by atoms with Crippen LogP contribution in [0.25, 0.3) is 0 Å². The van der Waals surface area contributed by atoms with Crippen LogP contribution in [0, 0.1) is 0 Å². The standard InChI is InChI=1S/C13H18BrNS/c1-2-15-12-4-3-5-13(12)16-11-8-6-10(14)7-9-11/h6-9,12-13,15H,2-5H2,1H3. The molecule has 1 aromatic carbocycles. The summed E-state index contributed by atoms with van der Waals surface area (Å²) in [5.74, 6) is 0. The van der Waals surface area contributed by atoms with Crippen LogP contribution >= 0.6 is 27.7 Å². The largest absolute Gasteiger partial charge is 0.313 e. The van der Waals surface area contributed by atoms with Crippen molar-refractivity contribution in [3.63, 3.8) is 0 Å². The van der Waals surface area contributed by atoms with Gasteiger partial charge in [-0.2, -0.15) is 0 Å². The maximum Gasteiger partial charge on any atom is 0.0248 e. The molecule has 88 valence electrons. The molecule has 1 nitrogen and oxygen atoms in total. The van der Waals surface area contributed by atoms with E-state index in [1.165, 1.54) is 24.2 Å². The minimum absolute atomic E-state index is 0.707. The lowest BCUT2D eigenvalue weighted by atomic mass is 10.2. The zero-order chi connectivity index (χ0) is 11.4. The van der Waals surface area contributed by atoms with E-state index in [1.807, 2.05) is 11.8 Å². The maximum atomic E-state index is 3.60. The summed E-state index contributed by atoms with van der Waals surface area (Å²) in [5, 5.41) is 4.35. The van der Waals surface area contributed by atoms with Crippen molar-refractivity contribution in [2.75, 3.05) is 6.54 Å². The van der Waals surface area contributed by atoms with Gasteiger partial charge in [0.05, 0.1) is 0 Å². The van der Waals surface area contributed by atoms with Crippen LogP contribution in [0.2, 0.25) is 0 Å². The second kappa shape index (κ2) is 6.08. The van der Waals surface area contributed by atoms with E-state index in [9.17, 15) is 0 Å². The monoisotopic (exact) mass is 299 g/mol. The van der Waals surface area contributed by atoms with Crippen LogP contribution in [0.15, 0.2) is 33.6 Å². The maximum absolute atomic E-state index is 3.60. The summed E-state index contributed by atoms with van der Waals surface area (Å²) in [6.07, 6.45) is 4.05. The molecule has 0 radical (unpaired) electrons. The predicted molar refractivity (Wildman–Crippen MR) is 75.1 cm³/mol. The highest BCUT2D eigenvalue weighted by atomic mass is 79.9. The van der Waals surface area contributed by atoms with Gasteiger partial charge in [-0.15, -0.1) is 11.8 Å². The molecule has 0 saturated heterocycles. The third kappa shape index (κ3) is 3.25. The zero-order valence-electron chi connectivity index (χ0n) is 9.58. The second-order valence-corrected chi connectivity index (χ2v) is 6.43. The first-order valence-corrected chi connectivity index (χ1v) is 7.62. The fourth-order valence-electron chi connectivity index (χ4n) is 2.25. The molecule has 0 heterocycles. The smallest absolute Gasteiger partial charge is 0.0248 e. The first kappa shape index (κ1) is 12.5. The number of thioether (sulfide) groups is 1. The zero-order valence-corrected chi connectivity index (χ0v) is 12.0. The molecular formula is C13H18BrNS. The van der Waals surface area contributed by atoms with Gasteiger partial charge in [0.15, 0.2) is 0 Å². The van der Waals surface area contributed by atoms with Gasteiger partial charge in [0.2, 0.25) is 0 Å². The van der Waals surface area contributed by atoms with Crippen molar-refractivity contribution in [3.8, 4) is 0 Å². The highest BCUT2D eigenvalue weighted by molar-refractivity contribution is 9.10. The molecule has 1 fully saturated rings. The average Bonchev–Trinajstić information content (AvgIpc) is 2.70. The van der Waals surface area contributed by atoms with E-state index in [2.05, 4.69) is 52.4 Å². The molecule has 1 aromatic rings. The lowest BCUT2D eigenvalue weighted by Crippen LogP contribution is -2.33. The molecule has 2 unspecified atom stereocenters. The Morgan fingerprint density at radius 1 is 1.31 bits per heavy atom. The van der Waals surface area contributed by atoms with Gasteiger partial charge in [-0.05, 0) is 43.7 Å². The summed E-state index contributed by atoms with van der Waals surface area (Å²) < 4.78 is 1.16. The van der Waals surface area contributed by atoms with Crippen LogP contribution in [0.1, 0.15) is 26.2 Å². The van der Waals surface area contributed by atoms with Crippen LogP contribution in [-0.4, -0.2) is 17.8 Å². The second-order valence-electron chi connectivity index (χ2n) is 4.21. The third-order valence-corrected chi connectivity index (χ3v) is 4.96. The number of hydrogen-bond acceptors (Lipinski definition) is 2. The fraction of sp³-hybridized carbons (Fsp3) is 0.538. The molecule has 3 heteroatoms. The van der Waals surface area contributed by atoms with Crippen LogP contribution in [0.5, 0.6) is 0 Å². The Labute approximate surface area is 111 Å². The van der Waals surface area contributed by atoms with Gasteiger partial charge >= 0.3 is 0 Å². The van der Waals surface area contributed by atoms with E-state index in [-0.39, 0.29) is 0 Å². The van der Waals surface area contributed by atoms with Gasteiger partial charge in [0.25, 0.3) is 0 Å². The number of benzene rings is 1. The van der Waals surface area contributed by atoms with Gasteiger partial charge in [-0.1, -0.05) is 29.3 Å². The molecule has 0 spiro atoms. The van der Waals surface area contributed by atoms with Crippen molar-refractivity contribution in [3.05, 3.63) is 28.7 Å². The minimum Gasteiger partial charge on any atom is -0.313 e. The molecule has 16 heavy (non-hydrogen) atoms. The number of rotatable bonds is 4. The Morgan fingerprint density at radius 3 is 2.75 bits per heavy atom. The Kier molecular flexibility index (Phi) is 4.74. The van der Waals surface area contributed by atoms with Crippen molar-refractivity contribution in [1.29, 1.82) is 0 Å². The molecule has 1 aliphatic carbocycles. The summed E-state index contributed by atoms with van der Waals surface area (Å²) in [6.45, 7) is 3.28. The third-order valence-electron chi connectivity index (χ3n) is 3.02. The van der Waals surface area contributed by atoms with Gasteiger partial charge < -0.3 is 5.32 Å². The molecule has 0 bridgehead atoms. The Balaban J connectivity index is 1.95. The van der Waals surface area contributed by atoms with E-state index < -0.39 is 0 Å². The quantitative estimate of drug-likeness (QED) is 0.899. The highest BCUT2D eigenvalue weighted by Gasteiger charge is 2.26. The van der Waals surface area contributed by atoms with E-state index in [1.54, 1.807) is 0 Å². The van der Waals surface area contributed by atoms with Crippen molar-refractivity contribution in [2.24, 2.45) is 0 Å². The van der Waals surface area contributed by atoms with Crippen LogP contribution in [0.3, 0.4) is 0 Å². The van der Waals surface area contributed by atoms with Crippen LogP contribution < -0.4 is 5.32 Å². The molecule has 2 rings (SSSR count). The van der Waals surface area contributed by atoms with Crippen molar-refractivity contribution >= 4 is 27.7 Å². The van der Waals surface area contributed by atoms with E-state index >= 15 is 0 Å². The first-order valence-electron chi connectivity index (χ1n) is 5.95. The summed E-state index contributed by atoms with van der Waals surface area (Å²) in [4.78, 5) is 1.39. The topological polar surface area (TPSA) is 12.0 Å². The normalized spacial score (nSPS) is 24.9. The molecule has 0 amide bonds. The van der Waals surface area contributed by atoms with Crippen molar-refractivity contribution in [1.82, 2.24) is 5.32 Å². The highest BCUT2D eigenvalue weighted by Crippen LogP contribution is 2.35. The summed E-state index contributed by atoms with van der Waals surface area (Å²) in [7, 11) is 0. The summed E-state index contributed by atoms with van der Waals surface area (Å²) >= 11 is 5.50. The Bertz CT molecular complexity index is 325. The number of hydrogen-bond donors (Lipinski definition) is 1. The van der Waals surface area contributed by atoms with Crippen LogP contribution in [0.4, 0.5) is 0 Å². The lowest BCUT2D eigenvalue weighted by Gasteiger charge is -2.19. The van der Waals surface area contributed by atoms with Gasteiger partial charge in [-0.3, -0.25) is 0 Å². The number of halogens is 1. The Hall–Kier alpha value is 0.01000. The number of nitrogens with one attached hydrogen (secondary N) is 1. The minimum atomic E-state index is 0.707. The van der Waals surface area contributed by atoms with Gasteiger partial charge in [0.1, 0.15) is 0 Å². The summed E-state index contributed by atoms with van der Waals surface area (Å²) in [5.41, 5.74) is 0. The Morgan fingerprint density at radius 2 is 2.06 bits per heavy atom. The molecule has 1 N–H and O–H groups in total. The van der Waals surface area contributed by atoms with Crippen molar-refractivity contribution in [2.45, 2.75) is 42.4 Å².